The first-order valence-corrected chi connectivity index (χ1v) is 6.36. The molecule has 0 unspecified atom stereocenters. The first-order valence-electron chi connectivity index (χ1n) is 6.36. The first kappa shape index (κ1) is 13.6. The molecule has 1 heterocycles. The number of nitrogens with zero attached hydrogens (tertiary/aromatic N) is 1. The number of methoxy groups -OCH3 is 2. The van der Waals surface area contributed by atoms with Crippen molar-refractivity contribution >= 4 is 11.9 Å². The van der Waals surface area contributed by atoms with E-state index in [0.717, 1.165) is 24.2 Å². The van der Waals surface area contributed by atoms with Crippen molar-refractivity contribution in [3.8, 4) is 0 Å². The van der Waals surface area contributed by atoms with Crippen LogP contribution in [0.25, 0.3) is 0 Å². The molecule has 0 spiro atoms. The molecule has 0 aromatic carbocycles. The van der Waals surface area contributed by atoms with Crippen molar-refractivity contribution in [3.05, 3.63) is 22.5 Å². The minimum Gasteiger partial charge on any atom is -0.466 e. The minimum atomic E-state index is -0.378. The smallest absolute Gasteiger partial charge is 0.335 e. The first-order chi connectivity index (χ1) is 9.01. The molecule has 0 radical (unpaired) electrons. The number of carbonyl (C=O) groups is 2. The van der Waals surface area contributed by atoms with Gasteiger partial charge in [0.2, 0.25) is 0 Å². The minimum absolute atomic E-state index is 0.278. The molecule has 0 aromatic rings. The van der Waals surface area contributed by atoms with Crippen LogP contribution in [0.2, 0.25) is 0 Å². The van der Waals surface area contributed by atoms with E-state index in [1.807, 2.05) is 13.8 Å². The standard InChI is InChI=1S/C14H19NO4/c1-8-11(13(16)18-3)7-12(14(17)19-4)9(2)15(8)10-5-6-10/h10H,5-7H2,1-4H3. The Hall–Kier alpha value is -1.78. The highest BCUT2D eigenvalue weighted by Gasteiger charge is 2.38. The Morgan fingerprint density at radius 3 is 1.74 bits per heavy atom. The fourth-order valence-corrected chi connectivity index (χ4v) is 2.54. The average Bonchev–Trinajstić information content (AvgIpc) is 3.22. The molecule has 1 saturated carbocycles. The van der Waals surface area contributed by atoms with Crippen molar-refractivity contribution in [2.45, 2.75) is 39.2 Å². The van der Waals surface area contributed by atoms with Gasteiger partial charge < -0.3 is 14.4 Å². The summed E-state index contributed by atoms with van der Waals surface area (Å²) in [4.78, 5) is 25.8. The highest BCUT2D eigenvalue weighted by Crippen LogP contribution is 2.40. The Morgan fingerprint density at radius 1 is 1.00 bits per heavy atom. The number of hydrogen-bond acceptors (Lipinski definition) is 5. The van der Waals surface area contributed by atoms with E-state index in [4.69, 9.17) is 9.47 Å². The third-order valence-electron chi connectivity index (χ3n) is 3.73. The van der Waals surface area contributed by atoms with Gasteiger partial charge in [-0.25, -0.2) is 9.59 Å². The molecule has 0 saturated heterocycles. The Bertz CT molecular complexity index is 448. The Balaban J connectivity index is 2.42. The molecule has 2 aliphatic rings. The number of ether oxygens (including phenoxy) is 2. The average molecular weight is 265 g/mol. The number of esters is 2. The van der Waals surface area contributed by atoms with E-state index in [9.17, 15) is 9.59 Å². The number of rotatable bonds is 3. The van der Waals surface area contributed by atoms with Crippen LogP contribution in [0.5, 0.6) is 0 Å². The lowest BCUT2D eigenvalue weighted by Gasteiger charge is -2.33. The van der Waals surface area contributed by atoms with Gasteiger partial charge in [-0.1, -0.05) is 0 Å². The zero-order valence-electron chi connectivity index (χ0n) is 11.8. The Labute approximate surface area is 112 Å². The quantitative estimate of drug-likeness (QED) is 0.728. The lowest BCUT2D eigenvalue weighted by atomic mass is 9.96. The lowest BCUT2D eigenvalue weighted by Crippen LogP contribution is -2.32. The fourth-order valence-electron chi connectivity index (χ4n) is 2.54. The summed E-state index contributed by atoms with van der Waals surface area (Å²) in [6, 6.07) is 0.389. The summed E-state index contributed by atoms with van der Waals surface area (Å²) in [5.74, 6) is -0.755. The van der Waals surface area contributed by atoms with Crippen molar-refractivity contribution < 1.29 is 19.1 Å². The molecule has 0 amide bonds. The van der Waals surface area contributed by atoms with Crippen LogP contribution in [-0.4, -0.2) is 37.1 Å². The SMILES string of the molecule is COC(=O)C1=C(C)N(C2CC2)C(C)=C(C(=O)OC)C1. The number of carbonyl (C=O) groups excluding carboxylic acids is 2. The zero-order chi connectivity index (χ0) is 14.2. The number of allylic oxidation sites excluding steroid dienone is 2. The van der Waals surface area contributed by atoms with E-state index in [2.05, 4.69) is 4.90 Å². The molecule has 0 bridgehead atoms. The summed E-state index contributed by atoms with van der Waals surface area (Å²) in [7, 11) is 2.71. The van der Waals surface area contributed by atoms with Crippen LogP contribution < -0.4 is 0 Å². The molecule has 0 aromatic heterocycles. The summed E-state index contributed by atoms with van der Waals surface area (Å²) in [5.41, 5.74) is 2.86. The van der Waals surface area contributed by atoms with Crippen LogP contribution in [0, 0.1) is 0 Å². The molecule has 104 valence electrons. The highest BCUT2D eigenvalue weighted by molar-refractivity contribution is 5.96. The normalized spacial score (nSPS) is 19.7. The molecule has 19 heavy (non-hydrogen) atoms. The Kier molecular flexibility index (Phi) is 3.64. The molecular formula is C14H19NO4. The lowest BCUT2D eigenvalue weighted by molar-refractivity contribution is -0.137. The topological polar surface area (TPSA) is 55.8 Å². The predicted molar refractivity (Wildman–Crippen MR) is 68.9 cm³/mol. The van der Waals surface area contributed by atoms with Gasteiger partial charge in [0.25, 0.3) is 0 Å². The van der Waals surface area contributed by atoms with Gasteiger partial charge in [0.1, 0.15) is 0 Å². The molecule has 5 nitrogen and oxygen atoms in total. The fraction of sp³-hybridized carbons (Fsp3) is 0.571. The van der Waals surface area contributed by atoms with E-state index in [1.54, 1.807) is 0 Å². The highest BCUT2D eigenvalue weighted by atomic mass is 16.5. The second-order valence-electron chi connectivity index (χ2n) is 4.89. The molecule has 0 N–H and O–H groups in total. The van der Waals surface area contributed by atoms with E-state index >= 15 is 0 Å². The molecule has 2 rings (SSSR count). The van der Waals surface area contributed by atoms with E-state index in [1.165, 1.54) is 14.2 Å². The van der Waals surface area contributed by atoms with Crippen LogP contribution in [0.1, 0.15) is 33.1 Å². The van der Waals surface area contributed by atoms with Crippen LogP contribution in [0.3, 0.4) is 0 Å². The van der Waals surface area contributed by atoms with Crippen LogP contribution in [0.4, 0.5) is 0 Å². The summed E-state index contributed by atoms with van der Waals surface area (Å²) < 4.78 is 9.61. The van der Waals surface area contributed by atoms with E-state index in [-0.39, 0.29) is 18.4 Å². The summed E-state index contributed by atoms with van der Waals surface area (Å²) in [5, 5.41) is 0. The van der Waals surface area contributed by atoms with Gasteiger partial charge >= 0.3 is 11.9 Å². The van der Waals surface area contributed by atoms with Crippen molar-refractivity contribution in [1.82, 2.24) is 4.90 Å². The van der Waals surface area contributed by atoms with Gasteiger partial charge in [-0.05, 0) is 26.7 Å². The largest absolute Gasteiger partial charge is 0.466 e. The summed E-state index contributed by atoms with van der Waals surface area (Å²) >= 11 is 0. The van der Waals surface area contributed by atoms with Gasteiger partial charge in [-0.2, -0.15) is 0 Å². The summed E-state index contributed by atoms with van der Waals surface area (Å²) in [6.07, 6.45) is 2.44. The molecule has 5 heteroatoms. The van der Waals surface area contributed by atoms with Gasteiger partial charge in [-0.3, -0.25) is 0 Å². The zero-order valence-corrected chi connectivity index (χ0v) is 11.8. The maximum absolute atomic E-state index is 11.8. The Morgan fingerprint density at radius 2 is 1.42 bits per heavy atom. The van der Waals surface area contributed by atoms with Gasteiger partial charge in [0.15, 0.2) is 0 Å². The van der Waals surface area contributed by atoms with Crippen molar-refractivity contribution in [2.75, 3.05) is 14.2 Å². The maximum atomic E-state index is 11.8. The molecule has 1 aliphatic heterocycles. The predicted octanol–water partition coefficient (Wildman–Crippen LogP) is 1.75. The third kappa shape index (κ3) is 2.37. The van der Waals surface area contributed by atoms with E-state index in [0.29, 0.717) is 17.2 Å². The van der Waals surface area contributed by atoms with Crippen molar-refractivity contribution in [1.29, 1.82) is 0 Å². The summed E-state index contributed by atoms with van der Waals surface area (Å²) in [6.45, 7) is 3.81. The maximum Gasteiger partial charge on any atom is 0.335 e. The molecular weight excluding hydrogens is 246 g/mol. The van der Waals surface area contributed by atoms with Gasteiger partial charge in [0, 0.05) is 23.9 Å². The molecule has 1 aliphatic carbocycles. The molecule has 0 atom stereocenters. The third-order valence-corrected chi connectivity index (χ3v) is 3.73. The number of hydrogen-bond donors (Lipinski definition) is 0. The van der Waals surface area contributed by atoms with Crippen LogP contribution in [0.15, 0.2) is 22.5 Å². The second-order valence-corrected chi connectivity index (χ2v) is 4.89. The van der Waals surface area contributed by atoms with Gasteiger partial charge in [0.05, 0.1) is 25.4 Å². The van der Waals surface area contributed by atoms with E-state index < -0.39 is 0 Å². The molecule has 1 fully saturated rings. The van der Waals surface area contributed by atoms with Crippen molar-refractivity contribution in [2.24, 2.45) is 0 Å². The van der Waals surface area contributed by atoms with Gasteiger partial charge in [-0.15, -0.1) is 0 Å². The monoisotopic (exact) mass is 265 g/mol. The van der Waals surface area contributed by atoms with Crippen LogP contribution >= 0.6 is 0 Å². The van der Waals surface area contributed by atoms with Crippen molar-refractivity contribution in [3.63, 3.8) is 0 Å². The second kappa shape index (κ2) is 5.07. The van der Waals surface area contributed by atoms with Crippen LogP contribution in [-0.2, 0) is 19.1 Å².